The highest BCUT2D eigenvalue weighted by Gasteiger charge is 2.31. The molecule has 0 radical (unpaired) electrons. The van der Waals surface area contributed by atoms with Crippen molar-refractivity contribution in [3.05, 3.63) is 18.2 Å². The molecule has 0 saturated heterocycles. The van der Waals surface area contributed by atoms with Crippen molar-refractivity contribution >= 4 is 11.4 Å². The van der Waals surface area contributed by atoms with Crippen LogP contribution >= 0.6 is 0 Å². The van der Waals surface area contributed by atoms with Gasteiger partial charge >= 0.3 is 0 Å². The second-order valence-corrected chi connectivity index (χ2v) is 4.81. The van der Waals surface area contributed by atoms with Crippen LogP contribution in [0.1, 0.15) is 20.8 Å². The molecule has 0 aliphatic carbocycles. The smallest absolute Gasteiger partial charge is 0.144 e. The number of anilines is 2. The average molecular weight is 220 g/mol. The van der Waals surface area contributed by atoms with Crippen LogP contribution in [0, 0.1) is 0 Å². The molecule has 3 heteroatoms. The lowest BCUT2D eigenvalue weighted by atomic mass is 9.98. The zero-order valence-corrected chi connectivity index (χ0v) is 10.5. The Morgan fingerprint density at radius 1 is 1.44 bits per heavy atom. The molecule has 1 aromatic rings. The molecule has 0 atom stereocenters. The second kappa shape index (κ2) is 3.89. The minimum Gasteiger partial charge on any atom is -0.492 e. The maximum atomic E-state index is 5.63. The molecule has 0 saturated carbocycles. The van der Waals surface area contributed by atoms with E-state index in [1.807, 2.05) is 19.1 Å². The predicted molar refractivity (Wildman–Crippen MR) is 68.6 cm³/mol. The summed E-state index contributed by atoms with van der Waals surface area (Å²) in [6.07, 6.45) is 0. The number of benzene rings is 1. The largest absolute Gasteiger partial charge is 0.492 e. The molecule has 16 heavy (non-hydrogen) atoms. The number of hydrogen-bond donors (Lipinski definition) is 1. The van der Waals surface area contributed by atoms with Crippen LogP contribution < -0.4 is 15.0 Å². The van der Waals surface area contributed by atoms with E-state index in [0.717, 1.165) is 18.0 Å². The summed E-state index contributed by atoms with van der Waals surface area (Å²) in [5.74, 6) is 0.947. The Bertz CT molecular complexity index is 388. The maximum Gasteiger partial charge on any atom is 0.144 e. The summed E-state index contributed by atoms with van der Waals surface area (Å²) < 4.78 is 5.63. The van der Waals surface area contributed by atoms with Crippen LogP contribution in [0.25, 0.3) is 0 Å². The second-order valence-electron chi connectivity index (χ2n) is 4.81. The van der Waals surface area contributed by atoms with Gasteiger partial charge in [-0.15, -0.1) is 0 Å². The Morgan fingerprint density at radius 2 is 2.19 bits per heavy atom. The summed E-state index contributed by atoms with van der Waals surface area (Å²) >= 11 is 0. The van der Waals surface area contributed by atoms with Crippen molar-refractivity contribution in [2.75, 3.05) is 30.4 Å². The molecular weight excluding hydrogens is 200 g/mol. The lowest BCUT2D eigenvalue weighted by Crippen LogP contribution is -2.50. The molecular formula is C13H20N2O. The van der Waals surface area contributed by atoms with E-state index in [9.17, 15) is 0 Å². The van der Waals surface area contributed by atoms with Crippen molar-refractivity contribution in [1.82, 2.24) is 0 Å². The van der Waals surface area contributed by atoms with Gasteiger partial charge in [-0.1, -0.05) is 6.07 Å². The summed E-state index contributed by atoms with van der Waals surface area (Å²) in [5.41, 5.74) is 2.46. The van der Waals surface area contributed by atoms with Gasteiger partial charge in [-0.25, -0.2) is 0 Å². The van der Waals surface area contributed by atoms with Gasteiger partial charge in [0.05, 0.1) is 17.8 Å². The summed E-state index contributed by atoms with van der Waals surface area (Å²) in [7, 11) is 2.13. The van der Waals surface area contributed by atoms with Gasteiger partial charge in [0.1, 0.15) is 11.4 Å². The van der Waals surface area contributed by atoms with Crippen molar-refractivity contribution in [3.63, 3.8) is 0 Å². The highest BCUT2D eigenvalue weighted by molar-refractivity contribution is 5.79. The predicted octanol–water partition coefficient (Wildman–Crippen LogP) is 2.73. The number of nitrogens with one attached hydrogen (secondary N) is 1. The van der Waals surface area contributed by atoms with Gasteiger partial charge in [0.25, 0.3) is 0 Å². The number of hydrogen-bond acceptors (Lipinski definition) is 3. The molecule has 0 spiro atoms. The Balaban J connectivity index is 2.43. The van der Waals surface area contributed by atoms with E-state index in [4.69, 9.17) is 4.74 Å². The SMILES string of the molecule is CCOc1cccc2c1NCC(C)(C)N2C. The highest BCUT2D eigenvalue weighted by atomic mass is 16.5. The number of nitrogens with zero attached hydrogens (tertiary/aromatic N) is 1. The fourth-order valence-corrected chi connectivity index (χ4v) is 2.00. The highest BCUT2D eigenvalue weighted by Crippen LogP contribution is 2.40. The van der Waals surface area contributed by atoms with E-state index in [0.29, 0.717) is 6.61 Å². The van der Waals surface area contributed by atoms with Crippen molar-refractivity contribution in [3.8, 4) is 5.75 Å². The molecule has 1 aliphatic heterocycles. The van der Waals surface area contributed by atoms with E-state index < -0.39 is 0 Å². The molecule has 1 N–H and O–H groups in total. The lowest BCUT2D eigenvalue weighted by Gasteiger charge is -2.43. The van der Waals surface area contributed by atoms with Crippen molar-refractivity contribution < 1.29 is 4.74 Å². The summed E-state index contributed by atoms with van der Waals surface area (Å²) in [6, 6.07) is 6.19. The Kier molecular flexibility index (Phi) is 2.70. The fourth-order valence-electron chi connectivity index (χ4n) is 2.00. The topological polar surface area (TPSA) is 24.5 Å². The third kappa shape index (κ3) is 1.70. The first-order chi connectivity index (χ1) is 7.56. The van der Waals surface area contributed by atoms with Crippen molar-refractivity contribution in [2.45, 2.75) is 26.3 Å². The van der Waals surface area contributed by atoms with Crippen LogP contribution in [0.5, 0.6) is 5.75 Å². The van der Waals surface area contributed by atoms with Crippen LogP contribution in [-0.2, 0) is 0 Å². The third-order valence-electron chi connectivity index (χ3n) is 3.27. The molecule has 0 aromatic heterocycles. The molecule has 0 bridgehead atoms. The molecule has 0 fully saturated rings. The first-order valence-electron chi connectivity index (χ1n) is 5.80. The number of rotatable bonds is 2. The molecule has 1 aromatic carbocycles. The van der Waals surface area contributed by atoms with Crippen LogP contribution in [0.3, 0.4) is 0 Å². The maximum absolute atomic E-state index is 5.63. The summed E-state index contributed by atoms with van der Waals surface area (Å²) in [4.78, 5) is 2.31. The average Bonchev–Trinajstić information content (AvgIpc) is 2.25. The van der Waals surface area contributed by atoms with E-state index in [-0.39, 0.29) is 5.54 Å². The van der Waals surface area contributed by atoms with Gasteiger partial charge in [0.2, 0.25) is 0 Å². The van der Waals surface area contributed by atoms with Crippen LogP contribution in [0.15, 0.2) is 18.2 Å². The van der Waals surface area contributed by atoms with Crippen molar-refractivity contribution in [1.29, 1.82) is 0 Å². The molecule has 0 amide bonds. The zero-order valence-electron chi connectivity index (χ0n) is 10.5. The minimum atomic E-state index is 0.137. The monoisotopic (exact) mass is 220 g/mol. The third-order valence-corrected chi connectivity index (χ3v) is 3.27. The molecule has 1 heterocycles. The Morgan fingerprint density at radius 3 is 2.88 bits per heavy atom. The van der Waals surface area contributed by atoms with E-state index >= 15 is 0 Å². The number of fused-ring (bicyclic) bond motifs is 1. The van der Waals surface area contributed by atoms with Crippen molar-refractivity contribution in [2.24, 2.45) is 0 Å². The lowest BCUT2D eigenvalue weighted by molar-refractivity contribution is 0.340. The fraction of sp³-hybridized carbons (Fsp3) is 0.538. The van der Waals surface area contributed by atoms with Gasteiger partial charge in [-0.2, -0.15) is 0 Å². The van der Waals surface area contributed by atoms with Crippen LogP contribution in [0.2, 0.25) is 0 Å². The van der Waals surface area contributed by atoms with E-state index in [1.54, 1.807) is 0 Å². The van der Waals surface area contributed by atoms with Gasteiger partial charge < -0.3 is 15.0 Å². The summed E-state index contributed by atoms with van der Waals surface area (Å²) in [6.45, 7) is 8.11. The Labute approximate surface area is 97.4 Å². The van der Waals surface area contributed by atoms with E-state index in [2.05, 4.69) is 37.2 Å². The number of ether oxygens (including phenoxy) is 1. The molecule has 2 rings (SSSR count). The van der Waals surface area contributed by atoms with Gasteiger partial charge in [0, 0.05) is 13.6 Å². The first kappa shape index (κ1) is 11.1. The summed E-state index contributed by atoms with van der Waals surface area (Å²) in [5, 5.41) is 3.47. The van der Waals surface area contributed by atoms with Crippen LogP contribution in [0.4, 0.5) is 11.4 Å². The first-order valence-corrected chi connectivity index (χ1v) is 5.80. The van der Waals surface area contributed by atoms with Crippen LogP contribution in [-0.4, -0.2) is 25.7 Å². The number of likely N-dealkylation sites (N-methyl/N-ethyl adjacent to an activating group) is 1. The molecule has 88 valence electrons. The van der Waals surface area contributed by atoms with Gasteiger partial charge in [-0.3, -0.25) is 0 Å². The molecule has 3 nitrogen and oxygen atoms in total. The standard InChI is InChI=1S/C13H20N2O/c1-5-16-11-8-6-7-10-12(11)14-9-13(2,3)15(10)4/h6-8,14H,5,9H2,1-4H3. The quantitative estimate of drug-likeness (QED) is 0.829. The minimum absolute atomic E-state index is 0.137. The van der Waals surface area contributed by atoms with Gasteiger partial charge in [-0.05, 0) is 32.9 Å². The van der Waals surface area contributed by atoms with E-state index in [1.165, 1.54) is 5.69 Å². The number of para-hydroxylation sites is 1. The molecule has 0 unspecified atom stereocenters. The normalized spacial score (nSPS) is 17.6. The zero-order chi connectivity index (χ0) is 11.8. The Hall–Kier alpha value is -1.38. The molecule has 1 aliphatic rings. The van der Waals surface area contributed by atoms with Gasteiger partial charge in [0.15, 0.2) is 0 Å².